The highest BCUT2D eigenvalue weighted by atomic mass is 35.5. The van der Waals surface area contributed by atoms with E-state index in [1.807, 2.05) is 6.92 Å². The number of carbonyl (C=O) groups excluding carboxylic acids is 6. The Labute approximate surface area is 416 Å². The maximum atomic E-state index is 13.1. The first-order valence-electron chi connectivity index (χ1n) is 22.5. The molecule has 2 aromatic rings. The van der Waals surface area contributed by atoms with Crippen molar-refractivity contribution in [2.45, 2.75) is 103 Å². The lowest BCUT2D eigenvalue weighted by atomic mass is 9.74. The molecule has 1 N–H and O–H groups in total. The molecule has 69 heavy (non-hydrogen) atoms. The molecule has 384 valence electrons. The summed E-state index contributed by atoms with van der Waals surface area (Å²) in [6, 6.07) is 13.8. The van der Waals surface area contributed by atoms with E-state index >= 15 is 0 Å². The lowest BCUT2D eigenvalue weighted by molar-refractivity contribution is -0.165. The minimum absolute atomic E-state index is 0.116. The number of rotatable bonds is 16. The standard InChI is InChI=1S/C23H30ClNO8S.C23H30ClNO7S.CH4O/c1-16(32-20(27)12-34(29,30)15-22(2)13-31-14-22)33-21(28)25(3)23(11-7-6-10-19(23)26)17-8-4-5-9-18(17)24;1-16(31-20(27)12-33(29)15-22(2)13-30-14-22)32-21(28)25(3)23(11-7-6-10-19(23)26)17-8-4-5-9-18(17)24;1-2/h4-5,8-9,16H,6-7,10-15H2,1-3H3;4-5,8-9,16H,6-7,10-15H2,1-3H3;2H,1H3/t16?,23-;16?,23-,33?;/m00./s1. The second-order valence-corrected chi connectivity index (χ2v) is 22.6. The molecule has 0 bridgehead atoms. The van der Waals surface area contributed by atoms with E-state index in [1.54, 1.807) is 55.5 Å². The number of benzene rings is 2. The van der Waals surface area contributed by atoms with Gasteiger partial charge in [0.2, 0.25) is 12.6 Å². The Morgan fingerprint density at radius 3 is 1.48 bits per heavy atom. The fraction of sp³-hybridized carbons (Fsp3) is 0.617. The zero-order chi connectivity index (χ0) is 51.4. The second kappa shape index (κ2) is 24.8. The number of hydrogen-bond donors (Lipinski definition) is 1. The first kappa shape index (κ1) is 57.4. The third-order valence-corrected chi connectivity index (χ3v) is 16.3. The van der Waals surface area contributed by atoms with Gasteiger partial charge in [-0.3, -0.25) is 33.2 Å². The number of ketones is 2. The van der Waals surface area contributed by atoms with Gasteiger partial charge < -0.3 is 33.5 Å². The molecule has 2 heterocycles. The molecule has 4 fully saturated rings. The molecule has 2 aromatic carbocycles. The summed E-state index contributed by atoms with van der Waals surface area (Å²) in [6.07, 6.45) is 0.0203. The molecule has 2 aliphatic heterocycles. The molecule has 0 radical (unpaired) electrons. The lowest BCUT2D eigenvalue weighted by Crippen LogP contribution is -2.54. The van der Waals surface area contributed by atoms with E-state index < -0.39 is 79.6 Å². The summed E-state index contributed by atoms with van der Waals surface area (Å²) in [6.45, 7) is 8.07. The summed E-state index contributed by atoms with van der Waals surface area (Å²) in [5.74, 6) is -3.02. The van der Waals surface area contributed by atoms with Crippen LogP contribution in [0.15, 0.2) is 48.5 Å². The average molecular weight is 1050 g/mol. The van der Waals surface area contributed by atoms with Gasteiger partial charge in [-0.25, -0.2) is 18.0 Å². The number of esters is 2. The van der Waals surface area contributed by atoms with Crippen molar-refractivity contribution in [3.8, 4) is 0 Å². The van der Waals surface area contributed by atoms with Gasteiger partial charge in [0.15, 0.2) is 21.4 Å². The van der Waals surface area contributed by atoms with Gasteiger partial charge in [-0.15, -0.1) is 0 Å². The molecule has 0 aromatic heterocycles. The number of halogens is 2. The smallest absolute Gasteiger partial charge is 0.413 e. The molecule has 2 saturated heterocycles. The predicted octanol–water partition coefficient (Wildman–Crippen LogP) is 6.12. The molecule has 2 amide bonds. The third kappa shape index (κ3) is 14.5. The van der Waals surface area contributed by atoms with E-state index in [0.717, 1.165) is 20.0 Å². The van der Waals surface area contributed by atoms with Crippen LogP contribution in [0.2, 0.25) is 10.0 Å². The quantitative estimate of drug-likeness (QED) is 0.147. The number of likely N-dealkylation sites (N-methyl/N-ethyl adjacent to an activating group) is 2. The molecule has 2 aliphatic carbocycles. The number of hydrogen-bond acceptors (Lipinski definition) is 16. The first-order valence-corrected chi connectivity index (χ1v) is 26.5. The van der Waals surface area contributed by atoms with Crippen LogP contribution >= 0.6 is 23.2 Å². The topological polar surface area (TPSA) is 236 Å². The molecule has 3 unspecified atom stereocenters. The lowest BCUT2D eigenvalue weighted by Gasteiger charge is -2.43. The van der Waals surface area contributed by atoms with Crippen LogP contribution in [0.1, 0.15) is 90.2 Å². The van der Waals surface area contributed by atoms with Gasteiger partial charge in [0.25, 0.3) is 0 Å². The van der Waals surface area contributed by atoms with Crippen molar-refractivity contribution in [2.75, 3.05) is 70.6 Å². The molecule has 22 heteroatoms. The molecule has 0 spiro atoms. The SMILES string of the molecule is CC(OC(=O)CS(=O)(=O)CC1(C)COC1)OC(=O)N(C)[C@]1(c2ccccc2Cl)CCCCC1=O.CC(OC(=O)CS(=O)CC1(C)COC1)OC(=O)N(C)[C@]1(c2ccccc2Cl)CCCCC1=O.CO. The molecule has 6 rings (SSSR count). The van der Waals surface area contributed by atoms with Crippen molar-refractivity contribution in [1.82, 2.24) is 9.80 Å². The number of Topliss-reactive ketones (excluding diaryl/α,β-unsaturated/α-hetero) is 2. The van der Waals surface area contributed by atoms with E-state index in [4.69, 9.17) is 56.7 Å². The van der Waals surface area contributed by atoms with Crippen LogP contribution in [0.25, 0.3) is 0 Å². The van der Waals surface area contributed by atoms with Crippen LogP contribution in [-0.2, 0) is 79.3 Å². The highest BCUT2D eigenvalue weighted by Gasteiger charge is 2.50. The van der Waals surface area contributed by atoms with Crippen LogP contribution in [0.3, 0.4) is 0 Å². The highest BCUT2D eigenvalue weighted by Crippen LogP contribution is 2.44. The number of aliphatic hydroxyl groups excluding tert-OH is 1. The Morgan fingerprint density at radius 2 is 1.10 bits per heavy atom. The monoisotopic (exact) mass is 1050 g/mol. The summed E-state index contributed by atoms with van der Waals surface area (Å²) in [4.78, 5) is 78.9. The van der Waals surface area contributed by atoms with Gasteiger partial charge in [-0.2, -0.15) is 0 Å². The summed E-state index contributed by atoms with van der Waals surface area (Å²) in [5, 5.41) is 7.74. The number of ether oxygens (including phenoxy) is 6. The Bertz CT molecular complexity index is 2310. The summed E-state index contributed by atoms with van der Waals surface area (Å²) >= 11 is 12.8. The van der Waals surface area contributed by atoms with Gasteiger partial charge in [-0.05, 0) is 50.7 Å². The van der Waals surface area contributed by atoms with Gasteiger partial charge in [-0.1, -0.05) is 73.4 Å². The van der Waals surface area contributed by atoms with Crippen LogP contribution in [0.5, 0.6) is 0 Å². The van der Waals surface area contributed by atoms with Crippen molar-refractivity contribution >= 4 is 79.5 Å². The van der Waals surface area contributed by atoms with E-state index in [-0.39, 0.29) is 34.9 Å². The molecule has 4 aliphatic rings. The van der Waals surface area contributed by atoms with Gasteiger partial charge >= 0.3 is 24.1 Å². The van der Waals surface area contributed by atoms with E-state index in [0.29, 0.717) is 85.5 Å². The number of aliphatic hydroxyl groups is 1. The maximum absolute atomic E-state index is 13.1. The fourth-order valence-electron chi connectivity index (χ4n) is 8.90. The molecule has 2 saturated carbocycles. The average Bonchev–Trinajstić information content (AvgIpc) is 3.26. The summed E-state index contributed by atoms with van der Waals surface area (Å²) in [7, 11) is -1.22. The number of carbonyl (C=O) groups is 6. The zero-order valence-electron chi connectivity index (χ0n) is 40.1. The second-order valence-electron chi connectivity index (χ2n) is 18.3. The number of nitrogens with zero attached hydrogens (tertiary/aromatic N) is 2. The van der Waals surface area contributed by atoms with Gasteiger partial charge in [0, 0.05) is 96.4 Å². The first-order chi connectivity index (χ1) is 32.5. The Kier molecular flexibility index (Phi) is 20.6. The van der Waals surface area contributed by atoms with Crippen LogP contribution < -0.4 is 0 Å². The third-order valence-electron chi connectivity index (χ3n) is 12.3. The van der Waals surface area contributed by atoms with Crippen molar-refractivity contribution in [3.05, 3.63) is 69.7 Å². The molecule has 5 atom stereocenters. The minimum Gasteiger partial charge on any atom is -0.425 e. The Hall–Kier alpha value is -4.18. The van der Waals surface area contributed by atoms with Crippen molar-refractivity contribution in [2.24, 2.45) is 10.8 Å². The fourth-order valence-corrected chi connectivity index (χ4v) is 12.6. The van der Waals surface area contributed by atoms with Gasteiger partial charge in [0.1, 0.15) is 22.6 Å². The highest BCUT2D eigenvalue weighted by molar-refractivity contribution is 7.92. The maximum Gasteiger partial charge on any atom is 0.413 e. The van der Waals surface area contributed by atoms with Gasteiger partial charge in [0.05, 0.1) is 32.2 Å². The number of sulfone groups is 1. The summed E-state index contributed by atoms with van der Waals surface area (Å²) < 4.78 is 67.8. The Balaban J connectivity index is 0.000000290. The molecular formula is C47H64Cl2N2O16S2. The van der Waals surface area contributed by atoms with Crippen LogP contribution in [0.4, 0.5) is 9.59 Å². The largest absolute Gasteiger partial charge is 0.425 e. The van der Waals surface area contributed by atoms with Crippen LogP contribution in [-0.4, -0.2) is 146 Å². The predicted molar refractivity (Wildman–Crippen MR) is 255 cm³/mol. The van der Waals surface area contributed by atoms with Crippen molar-refractivity contribution < 1.29 is 74.9 Å². The summed E-state index contributed by atoms with van der Waals surface area (Å²) in [5.41, 5.74) is -2.21. The van der Waals surface area contributed by atoms with Crippen molar-refractivity contribution in [3.63, 3.8) is 0 Å². The zero-order valence-corrected chi connectivity index (χ0v) is 43.3. The van der Waals surface area contributed by atoms with E-state index in [2.05, 4.69) is 0 Å². The Morgan fingerprint density at radius 1 is 0.696 bits per heavy atom. The minimum atomic E-state index is -3.73. The van der Waals surface area contributed by atoms with E-state index in [9.17, 15) is 41.4 Å². The molecular weight excluding hydrogens is 984 g/mol. The normalized spacial score (nSPS) is 22.7. The molecule has 18 nitrogen and oxygen atoms in total. The van der Waals surface area contributed by atoms with E-state index in [1.165, 1.54) is 37.7 Å². The number of amides is 2. The van der Waals surface area contributed by atoms with Crippen LogP contribution in [0, 0.1) is 10.8 Å². The van der Waals surface area contributed by atoms with Crippen molar-refractivity contribution in [1.29, 1.82) is 0 Å².